The molecule has 0 aliphatic carbocycles. The zero-order chi connectivity index (χ0) is 13.9. The second-order valence-electron chi connectivity index (χ2n) is 5.06. The van der Waals surface area contributed by atoms with Gasteiger partial charge in [0.1, 0.15) is 0 Å². The van der Waals surface area contributed by atoms with Gasteiger partial charge in [-0.1, -0.05) is 54.1 Å². The van der Waals surface area contributed by atoms with Crippen molar-refractivity contribution in [1.82, 2.24) is 10.3 Å². The van der Waals surface area contributed by atoms with E-state index in [2.05, 4.69) is 60.8 Å². The molecule has 1 unspecified atom stereocenters. The Hall–Kier alpha value is -2.19. The minimum absolute atomic E-state index is 0.125. The number of fused-ring (bicyclic) bond motifs is 1. The van der Waals surface area contributed by atoms with Gasteiger partial charge < -0.3 is 5.32 Å². The van der Waals surface area contributed by atoms with E-state index in [1.54, 1.807) is 0 Å². The molecular formula is C18H18N2. The highest BCUT2D eigenvalue weighted by atomic mass is 14.9. The monoisotopic (exact) mass is 262 g/mol. The molecule has 0 aliphatic heterocycles. The molecule has 0 fully saturated rings. The van der Waals surface area contributed by atoms with Crippen LogP contribution in [0.4, 0.5) is 0 Å². The third-order valence-corrected chi connectivity index (χ3v) is 3.58. The summed E-state index contributed by atoms with van der Waals surface area (Å²) in [4.78, 5) is 4.79. The van der Waals surface area contributed by atoms with Crippen molar-refractivity contribution in [3.05, 3.63) is 77.5 Å². The fraction of sp³-hybridized carbons (Fsp3) is 0.167. The Morgan fingerprint density at radius 3 is 2.60 bits per heavy atom. The summed E-state index contributed by atoms with van der Waals surface area (Å²) in [6.07, 6.45) is 0. The number of para-hydroxylation sites is 1. The molecule has 2 nitrogen and oxygen atoms in total. The van der Waals surface area contributed by atoms with E-state index in [1.165, 1.54) is 16.5 Å². The zero-order valence-electron chi connectivity index (χ0n) is 11.8. The van der Waals surface area contributed by atoms with Gasteiger partial charge in [0.2, 0.25) is 0 Å². The number of rotatable bonds is 3. The molecule has 20 heavy (non-hydrogen) atoms. The Morgan fingerprint density at radius 2 is 1.80 bits per heavy atom. The highest BCUT2D eigenvalue weighted by molar-refractivity contribution is 5.78. The minimum atomic E-state index is 0.125. The highest BCUT2D eigenvalue weighted by Crippen LogP contribution is 2.23. The van der Waals surface area contributed by atoms with Crippen molar-refractivity contribution in [2.45, 2.75) is 13.0 Å². The van der Waals surface area contributed by atoms with Gasteiger partial charge >= 0.3 is 0 Å². The first-order valence-electron chi connectivity index (χ1n) is 6.87. The quantitative estimate of drug-likeness (QED) is 0.775. The molecule has 0 radical (unpaired) electrons. The van der Waals surface area contributed by atoms with Crippen molar-refractivity contribution in [2.24, 2.45) is 0 Å². The van der Waals surface area contributed by atoms with Crippen LogP contribution in [0.15, 0.2) is 60.7 Å². The van der Waals surface area contributed by atoms with E-state index in [-0.39, 0.29) is 6.04 Å². The van der Waals surface area contributed by atoms with Crippen LogP contribution in [0.2, 0.25) is 0 Å². The topological polar surface area (TPSA) is 24.9 Å². The van der Waals surface area contributed by atoms with E-state index >= 15 is 0 Å². The molecule has 0 saturated carbocycles. The molecule has 0 amide bonds. The summed E-state index contributed by atoms with van der Waals surface area (Å²) < 4.78 is 0. The maximum Gasteiger partial charge on any atom is 0.0749 e. The summed E-state index contributed by atoms with van der Waals surface area (Å²) in [6.45, 7) is 2.12. The molecule has 0 spiro atoms. The summed E-state index contributed by atoms with van der Waals surface area (Å²) in [5.41, 5.74) is 4.61. The van der Waals surface area contributed by atoms with Crippen LogP contribution in [0.1, 0.15) is 22.9 Å². The molecule has 3 rings (SSSR count). The van der Waals surface area contributed by atoms with Crippen molar-refractivity contribution in [3.63, 3.8) is 0 Å². The van der Waals surface area contributed by atoms with E-state index < -0.39 is 0 Å². The van der Waals surface area contributed by atoms with Gasteiger partial charge in [-0.3, -0.25) is 4.98 Å². The molecule has 1 atom stereocenters. The Morgan fingerprint density at radius 1 is 0.950 bits per heavy atom. The van der Waals surface area contributed by atoms with Gasteiger partial charge in [0.05, 0.1) is 17.3 Å². The number of benzene rings is 2. The molecule has 1 aromatic heterocycles. The smallest absolute Gasteiger partial charge is 0.0749 e. The van der Waals surface area contributed by atoms with Crippen LogP contribution in [-0.2, 0) is 0 Å². The third kappa shape index (κ3) is 2.43. The lowest BCUT2D eigenvalue weighted by atomic mass is 10.0. The summed E-state index contributed by atoms with van der Waals surface area (Å²) in [7, 11) is 1.98. The Labute approximate surface area is 119 Å². The van der Waals surface area contributed by atoms with Crippen molar-refractivity contribution in [3.8, 4) is 0 Å². The number of aryl methyl sites for hydroxylation is 1. The van der Waals surface area contributed by atoms with Crippen LogP contribution in [-0.4, -0.2) is 12.0 Å². The van der Waals surface area contributed by atoms with Crippen molar-refractivity contribution < 1.29 is 0 Å². The van der Waals surface area contributed by atoms with Crippen LogP contribution in [0.3, 0.4) is 0 Å². The molecule has 2 aromatic carbocycles. The minimum Gasteiger partial charge on any atom is -0.308 e. The van der Waals surface area contributed by atoms with E-state index in [0.29, 0.717) is 0 Å². The largest absolute Gasteiger partial charge is 0.308 e. The fourth-order valence-electron chi connectivity index (χ4n) is 2.58. The van der Waals surface area contributed by atoms with Crippen LogP contribution in [0, 0.1) is 6.92 Å². The number of nitrogens with one attached hydrogen (secondary N) is 1. The van der Waals surface area contributed by atoms with Gasteiger partial charge in [0.15, 0.2) is 0 Å². The molecule has 2 heteroatoms. The second-order valence-corrected chi connectivity index (χ2v) is 5.06. The summed E-state index contributed by atoms with van der Waals surface area (Å²) in [6, 6.07) is 21.1. The Bertz CT molecular complexity index is 734. The normalized spacial score (nSPS) is 12.5. The molecule has 100 valence electrons. The summed E-state index contributed by atoms with van der Waals surface area (Å²) in [5, 5.41) is 4.54. The highest BCUT2D eigenvalue weighted by Gasteiger charge is 2.13. The first kappa shape index (κ1) is 12.8. The van der Waals surface area contributed by atoms with Crippen LogP contribution < -0.4 is 5.32 Å². The van der Waals surface area contributed by atoms with Crippen molar-refractivity contribution in [2.75, 3.05) is 7.05 Å². The molecule has 1 N–H and O–H groups in total. The number of nitrogens with zero attached hydrogens (tertiary/aromatic N) is 1. The Balaban J connectivity index is 2.07. The van der Waals surface area contributed by atoms with Gasteiger partial charge in [0, 0.05) is 5.39 Å². The van der Waals surface area contributed by atoms with Gasteiger partial charge in [-0.25, -0.2) is 0 Å². The summed E-state index contributed by atoms with van der Waals surface area (Å²) in [5.74, 6) is 0. The second kappa shape index (κ2) is 5.43. The van der Waals surface area contributed by atoms with Gasteiger partial charge in [0.25, 0.3) is 0 Å². The maximum atomic E-state index is 4.79. The fourth-order valence-corrected chi connectivity index (χ4v) is 2.58. The average Bonchev–Trinajstić information content (AvgIpc) is 2.48. The maximum absolute atomic E-state index is 4.79. The van der Waals surface area contributed by atoms with E-state index in [1.807, 2.05) is 19.2 Å². The predicted octanol–water partition coefficient (Wildman–Crippen LogP) is 3.85. The lowest BCUT2D eigenvalue weighted by Gasteiger charge is -2.17. The van der Waals surface area contributed by atoms with Crippen LogP contribution in [0.5, 0.6) is 0 Å². The Kier molecular flexibility index (Phi) is 3.48. The number of hydrogen-bond donors (Lipinski definition) is 1. The third-order valence-electron chi connectivity index (χ3n) is 3.58. The number of aromatic nitrogens is 1. The van der Waals surface area contributed by atoms with Gasteiger partial charge in [-0.15, -0.1) is 0 Å². The SMILES string of the molecule is CNC(c1cccc(C)c1)c1ccc2ccccc2n1. The van der Waals surface area contributed by atoms with E-state index in [0.717, 1.165) is 11.2 Å². The lowest BCUT2D eigenvalue weighted by molar-refractivity contribution is 0.673. The van der Waals surface area contributed by atoms with Gasteiger partial charge in [-0.05, 0) is 31.7 Å². The molecule has 0 aliphatic rings. The molecule has 1 heterocycles. The molecule has 3 aromatic rings. The van der Waals surface area contributed by atoms with Crippen LogP contribution in [0.25, 0.3) is 10.9 Å². The number of pyridine rings is 1. The predicted molar refractivity (Wildman–Crippen MR) is 83.8 cm³/mol. The number of hydrogen-bond acceptors (Lipinski definition) is 2. The zero-order valence-corrected chi connectivity index (χ0v) is 11.8. The van der Waals surface area contributed by atoms with Crippen molar-refractivity contribution >= 4 is 10.9 Å². The van der Waals surface area contributed by atoms with Gasteiger partial charge in [-0.2, -0.15) is 0 Å². The van der Waals surface area contributed by atoms with Crippen molar-refractivity contribution in [1.29, 1.82) is 0 Å². The standard InChI is InChI=1S/C18H18N2/c1-13-6-5-8-15(12-13)18(19-2)17-11-10-14-7-3-4-9-16(14)20-17/h3-12,18-19H,1-2H3. The summed E-state index contributed by atoms with van der Waals surface area (Å²) >= 11 is 0. The van der Waals surface area contributed by atoms with E-state index in [9.17, 15) is 0 Å². The molecule has 0 saturated heterocycles. The van der Waals surface area contributed by atoms with E-state index in [4.69, 9.17) is 4.98 Å². The average molecular weight is 262 g/mol. The molecular weight excluding hydrogens is 244 g/mol. The first-order valence-corrected chi connectivity index (χ1v) is 6.87. The lowest BCUT2D eigenvalue weighted by Crippen LogP contribution is -2.18. The first-order chi connectivity index (χ1) is 9.78. The van der Waals surface area contributed by atoms with Crippen LogP contribution >= 0.6 is 0 Å². The molecule has 0 bridgehead atoms.